The first-order chi connectivity index (χ1) is 13.0. The summed E-state index contributed by atoms with van der Waals surface area (Å²) in [5.74, 6) is 1.55. The summed E-state index contributed by atoms with van der Waals surface area (Å²) in [4.78, 5) is 20.2. The minimum absolute atomic E-state index is 0. The van der Waals surface area contributed by atoms with E-state index in [1.54, 1.807) is 19.0 Å². The molecule has 0 aromatic heterocycles. The lowest BCUT2D eigenvalue weighted by molar-refractivity contribution is -0.127. The maximum absolute atomic E-state index is 11.8. The van der Waals surface area contributed by atoms with Crippen molar-refractivity contribution >= 4 is 35.8 Å². The van der Waals surface area contributed by atoms with Gasteiger partial charge in [-0.25, -0.2) is 4.99 Å². The predicted molar refractivity (Wildman–Crippen MR) is 128 cm³/mol. The van der Waals surface area contributed by atoms with Crippen LogP contribution >= 0.6 is 24.0 Å². The molecule has 1 fully saturated rings. The van der Waals surface area contributed by atoms with Crippen LogP contribution in [0.3, 0.4) is 0 Å². The number of unbranched alkanes of at least 4 members (excludes halogenated alkanes) is 3. The summed E-state index contributed by atoms with van der Waals surface area (Å²) in [6.07, 6.45) is 6.28. The minimum Gasteiger partial charge on any atom is -0.379 e. The van der Waals surface area contributed by atoms with Gasteiger partial charge in [0, 0.05) is 46.8 Å². The molecule has 1 aliphatic heterocycles. The van der Waals surface area contributed by atoms with Gasteiger partial charge in [0.05, 0.1) is 13.2 Å². The molecule has 0 unspecified atom stereocenters. The van der Waals surface area contributed by atoms with E-state index in [4.69, 9.17) is 4.74 Å². The predicted octanol–water partition coefficient (Wildman–Crippen LogP) is 2.17. The molecule has 1 rings (SSSR count). The first-order valence-corrected chi connectivity index (χ1v) is 10.5. The molecule has 1 saturated heterocycles. The van der Waals surface area contributed by atoms with Crippen LogP contribution in [0.25, 0.3) is 0 Å². The zero-order valence-corrected chi connectivity index (χ0v) is 20.7. The fourth-order valence-electron chi connectivity index (χ4n) is 2.86. The third-order valence-corrected chi connectivity index (χ3v) is 4.70. The molecule has 1 amide bonds. The number of amides is 1. The van der Waals surface area contributed by atoms with E-state index >= 15 is 0 Å². The number of halogens is 1. The van der Waals surface area contributed by atoms with Crippen LogP contribution in [0.4, 0.5) is 0 Å². The molecule has 0 saturated carbocycles. The highest BCUT2D eigenvalue weighted by atomic mass is 127. The van der Waals surface area contributed by atoms with Crippen molar-refractivity contribution in [3.63, 3.8) is 0 Å². The van der Waals surface area contributed by atoms with Gasteiger partial charge in [-0.1, -0.05) is 39.5 Å². The number of guanidine groups is 1. The van der Waals surface area contributed by atoms with Gasteiger partial charge < -0.3 is 20.3 Å². The lowest BCUT2D eigenvalue weighted by Crippen LogP contribution is -2.45. The molecule has 0 aromatic rings. The number of ether oxygens (including phenoxy) is 1. The average Bonchev–Trinajstić information content (AvgIpc) is 2.64. The number of aliphatic imine (C=N–C) groups is 1. The molecule has 28 heavy (non-hydrogen) atoms. The van der Waals surface area contributed by atoms with Gasteiger partial charge in [0.2, 0.25) is 5.91 Å². The third-order valence-electron chi connectivity index (χ3n) is 4.70. The number of nitrogens with zero attached hydrogens (tertiary/aromatic N) is 3. The Bertz CT molecular complexity index is 427. The lowest BCUT2D eigenvalue weighted by atomic mass is 10.0. The number of hydrogen-bond donors (Lipinski definition) is 2. The van der Waals surface area contributed by atoms with Gasteiger partial charge in [0.15, 0.2) is 5.96 Å². The molecule has 0 spiro atoms. The third kappa shape index (κ3) is 14.4. The summed E-state index contributed by atoms with van der Waals surface area (Å²) >= 11 is 0. The maximum Gasteiger partial charge on any atom is 0.243 e. The Hall–Kier alpha value is -0.610. The van der Waals surface area contributed by atoms with E-state index in [-0.39, 0.29) is 36.4 Å². The molecule has 0 bridgehead atoms. The standard InChI is InChI=1S/C20H41N5O2.HI/c1-18(2)9-7-5-6-8-10-21-20(23-17-19(26)24(3)4)22-11-12-25-13-15-27-16-14-25;/h18H,5-17H2,1-4H3,(H2,21,22,23);1H. The van der Waals surface area contributed by atoms with Gasteiger partial charge >= 0.3 is 0 Å². The zero-order valence-electron chi connectivity index (χ0n) is 18.3. The monoisotopic (exact) mass is 511 g/mol. The van der Waals surface area contributed by atoms with E-state index in [1.165, 1.54) is 25.7 Å². The number of hydrogen-bond acceptors (Lipinski definition) is 4. The summed E-state index contributed by atoms with van der Waals surface area (Å²) in [6, 6.07) is 0. The summed E-state index contributed by atoms with van der Waals surface area (Å²) in [5, 5.41) is 6.74. The molecule has 0 aromatic carbocycles. The van der Waals surface area contributed by atoms with E-state index in [0.29, 0.717) is 0 Å². The number of nitrogens with one attached hydrogen (secondary N) is 2. The van der Waals surface area contributed by atoms with Crippen molar-refractivity contribution in [3.05, 3.63) is 0 Å². The average molecular weight is 511 g/mol. The second kappa shape index (κ2) is 17.3. The Kier molecular flexibility index (Phi) is 16.9. The fraction of sp³-hybridized carbons (Fsp3) is 0.900. The van der Waals surface area contributed by atoms with E-state index < -0.39 is 0 Å². The van der Waals surface area contributed by atoms with Crippen LogP contribution in [0.2, 0.25) is 0 Å². The van der Waals surface area contributed by atoms with Crippen LogP contribution in [0.15, 0.2) is 4.99 Å². The van der Waals surface area contributed by atoms with Crippen LogP contribution in [0.1, 0.15) is 46.0 Å². The van der Waals surface area contributed by atoms with Crippen LogP contribution in [0, 0.1) is 5.92 Å². The van der Waals surface area contributed by atoms with Crippen LogP contribution in [-0.4, -0.2) is 88.2 Å². The number of likely N-dealkylation sites (N-methyl/N-ethyl adjacent to an activating group) is 1. The van der Waals surface area contributed by atoms with Crippen molar-refractivity contribution in [2.24, 2.45) is 10.9 Å². The summed E-state index contributed by atoms with van der Waals surface area (Å²) < 4.78 is 5.38. The molecular weight excluding hydrogens is 469 g/mol. The van der Waals surface area contributed by atoms with Crippen molar-refractivity contribution < 1.29 is 9.53 Å². The van der Waals surface area contributed by atoms with E-state index in [0.717, 1.165) is 64.2 Å². The molecular formula is C20H42IN5O2. The van der Waals surface area contributed by atoms with E-state index in [1.807, 2.05) is 0 Å². The van der Waals surface area contributed by atoms with E-state index in [9.17, 15) is 4.79 Å². The Morgan fingerprint density at radius 1 is 1.07 bits per heavy atom. The molecule has 1 heterocycles. The second-order valence-electron chi connectivity index (χ2n) is 7.86. The lowest BCUT2D eigenvalue weighted by Gasteiger charge is -2.26. The molecule has 0 radical (unpaired) electrons. The van der Waals surface area contributed by atoms with Crippen molar-refractivity contribution in [1.82, 2.24) is 20.4 Å². The largest absolute Gasteiger partial charge is 0.379 e. The van der Waals surface area contributed by atoms with Gasteiger partial charge in [0.25, 0.3) is 0 Å². The van der Waals surface area contributed by atoms with Crippen molar-refractivity contribution in [2.45, 2.75) is 46.0 Å². The SMILES string of the molecule is CC(C)CCCCCCNC(=NCC(=O)N(C)C)NCCN1CCOCC1.I. The van der Waals surface area contributed by atoms with Crippen LogP contribution < -0.4 is 10.6 Å². The van der Waals surface area contributed by atoms with Crippen LogP contribution in [-0.2, 0) is 9.53 Å². The highest BCUT2D eigenvalue weighted by molar-refractivity contribution is 14.0. The summed E-state index contributed by atoms with van der Waals surface area (Å²) in [6.45, 7) is 11.0. The zero-order chi connectivity index (χ0) is 19.9. The highest BCUT2D eigenvalue weighted by Crippen LogP contribution is 2.08. The molecule has 0 aliphatic carbocycles. The Labute approximate surface area is 189 Å². The molecule has 166 valence electrons. The normalized spacial score (nSPS) is 15.2. The summed E-state index contributed by atoms with van der Waals surface area (Å²) in [5.41, 5.74) is 0. The second-order valence-corrected chi connectivity index (χ2v) is 7.86. The number of rotatable bonds is 12. The van der Waals surface area contributed by atoms with Crippen molar-refractivity contribution in [3.8, 4) is 0 Å². The first kappa shape index (κ1) is 27.4. The first-order valence-electron chi connectivity index (χ1n) is 10.5. The van der Waals surface area contributed by atoms with Crippen molar-refractivity contribution in [2.75, 3.05) is 66.6 Å². The van der Waals surface area contributed by atoms with Crippen LogP contribution in [0.5, 0.6) is 0 Å². The smallest absolute Gasteiger partial charge is 0.243 e. The fourth-order valence-corrected chi connectivity index (χ4v) is 2.86. The van der Waals surface area contributed by atoms with Gasteiger partial charge in [0.1, 0.15) is 6.54 Å². The van der Waals surface area contributed by atoms with Gasteiger partial charge in [-0.3, -0.25) is 9.69 Å². The molecule has 2 N–H and O–H groups in total. The Morgan fingerprint density at radius 3 is 2.36 bits per heavy atom. The topological polar surface area (TPSA) is 69.2 Å². The Morgan fingerprint density at radius 2 is 1.71 bits per heavy atom. The van der Waals surface area contributed by atoms with E-state index in [2.05, 4.69) is 34.4 Å². The van der Waals surface area contributed by atoms with Gasteiger partial charge in [-0.2, -0.15) is 0 Å². The molecule has 1 aliphatic rings. The molecule has 0 atom stereocenters. The highest BCUT2D eigenvalue weighted by Gasteiger charge is 2.10. The van der Waals surface area contributed by atoms with Gasteiger partial charge in [-0.15, -0.1) is 24.0 Å². The Balaban J connectivity index is 0.00000729. The maximum atomic E-state index is 11.8. The number of carbonyl (C=O) groups is 1. The summed E-state index contributed by atoms with van der Waals surface area (Å²) in [7, 11) is 3.52. The number of carbonyl (C=O) groups excluding carboxylic acids is 1. The minimum atomic E-state index is 0. The quantitative estimate of drug-likeness (QED) is 0.182. The molecule has 8 heteroatoms. The van der Waals surface area contributed by atoms with Gasteiger partial charge in [-0.05, 0) is 12.3 Å². The molecule has 7 nitrogen and oxygen atoms in total. The number of morpholine rings is 1. The van der Waals surface area contributed by atoms with Crippen molar-refractivity contribution in [1.29, 1.82) is 0 Å².